The highest BCUT2D eigenvalue weighted by molar-refractivity contribution is 5.91. The van der Waals surface area contributed by atoms with E-state index < -0.39 is 23.3 Å². The first kappa shape index (κ1) is 14.9. The van der Waals surface area contributed by atoms with Crippen molar-refractivity contribution >= 4 is 11.7 Å². The van der Waals surface area contributed by atoms with E-state index >= 15 is 0 Å². The lowest BCUT2D eigenvalue weighted by molar-refractivity contribution is -0.138. The minimum Gasteiger partial charge on any atom is -0.478 e. The SMILES string of the molecule is Cn1nccc1CNc1ccc(C(F)(F)F)c(C(=O)O)c1. The van der Waals surface area contributed by atoms with Gasteiger partial charge in [-0.25, -0.2) is 4.79 Å². The number of aromatic nitrogens is 2. The van der Waals surface area contributed by atoms with E-state index in [-0.39, 0.29) is 0 Å². The van der Waals surface area contributed by atoms with E-state index in [2.05, 4.69) is 10.4 Å². The van der Waals surface area contributed by atoms with E-state index in [1.165, 1.54) is 6.07 Å². The van der Waals surface area contributed by atoms with Crippen LogP contribution < -0.4 is 5.32 Å². The number of nitrogens with one attached hydrogen (secondary N) is 1. The van der Waals surface area contributed by atoms with Gasteiger partial charge in [0.1, 0.15) is 0 Å². The molecule has 112 valence electrons. The van der Waals surface area contributed by atoms with Gasteiger partial charge in [-0.1, -0.05) is 0 Å². The highest BCUT2D eigenvalue weighted by Crippen LogP contribution is 2.33. The average Bonchev–Trinajstić information content (AvgIpc) is 2.80. The summed E-state index contributed by atoms with van der Waals surface area (Å²) in [6, 6.07) is 4.68. The number of aromatic carboxylic acids is 1. The van der Waals surface area contributed by atoms with Gasteiger partial charge in [0.2, 0.25) is 0 Å². The Morgan fingerprint density at radius 1 is 1.38 bits per heavy atom. The summed E-state index contributed by atoms with van der Waals surface area (Å²) in [5, 5.41) is 15.7. The second-order valence-electron chi connectivity index (χ2n) is 4.36. The van der Waals surface area contributed by atoms with E-state index in [1.54, 1.807) is 24.0 Å². The monoisotopic (exact) mass is 299 g/mol. The number of carbonyl (C=O) groups is 1. The number of carboxylic acids is 1. The molecule has 0 spiro atoms. The molecule has 0 saturated heterocycles. The highest BCUT2D eigenvalue weighted by atomic mass is 19.4. The molecule has 2 aromatic rings. The molecule has 0 fully saturated rings. The van der Waals surface area contributed by atoms with Gasteiger partial charge in [0, 0.05) is 18.9 Å². The third kappa shape index (κ3) is 3.33. The largest absolute Gasteiger partial charge is 0.478 e. The van der Waals surface area contributed by atoms with Gasteiger partial charge in [-0.15, -0.1) is 0 Å². The van der Waals surface area contributed by atoms with Gasteiger partial charge < -0.3 is 10.4 Å². The zero-order valence-electron chi connectivity index (χ0n) is 11.0. The molecule has 1 heterocycles. The first-order valence-electron chi connectivity index (χ1n) is 5.94. The molecule has 0 aliphatic heterocycles. The van der Waals surface area contributed by atoms with Crippen LogP contribution >= 0.6 is 0 Å². The number of aryl methyl sites for hydroxylation is 1. The fourth-order valence-electron chi connectivity index (χ4n) is 1.85. The van der Waals surface area contributed by atoms with Gasteiger partial charge in [-0.3, -0.25) is 4.68 Å². The van der Waals surface area contributed by atoms with Gasteiger partial charge in [-0.2, -0.15) is 18.3 Å². The molecule has 1 aromatic carbocycles. The van der Waals surface area contributed by atoms with Crippen LogP contribution in [0.2, 0.25) is 0 Å². The van der Waals surface area contributed by atoms with E-state index in [4.69, 9.17) is 5.11 Å². The van der Waals surface area contributed by atoms with Crippen LogP contribution in [-0.2, 0) is 19.8 Å². The summed E-state index contributed by atoms with van der Waals surface area (Å²) in [7, 11) is 1.73. The van der Waals surface area contributed by atoms with Gasteiger partial charge in [0.05, 0.1) is 23.4 Å². The average molecular weight is 299 g/mol. The summed E-state index contributed by atoms with van der Waals surface area (Å²) in [6.45, 7) is 0.320. The molecule has 0 radical (unpaired) electrons. The number of benzene rings is 1. The van der Waals surface area contributed by atoms with Gasteiger partial charge in [0.25, 0.3) is 0 Å². The van der Waals surface area contributed by atoms with Crippen molar-refractivity contribution in [2.45, 2.75) is 12.7 Å². The topological polar surface area (TPSA) is 67.2 Å². The van der Waals surface area contributed by atoms with E-state index in [0.717, 1.165) is 17.8 Å². The normalized spacial score (nSPS) is 11.4. The summed E-state index contributed by atoms with van der Waals surface area (Å²) < 4.78 is 39.7. The second kappa shape index (κ2) is 5.47. The molecule has 0 unspecified atom stereocenters. The van der Waals surface area contributed by atoms with Gasteiger partial charge >= 0.3 is 12.1 Å². The summed E-state index contributed by atoms with van der Waals surface area (Å²) >= 11 is 0. The number of hydrogen-bond acceptors (Lipinski definition) is 3. The van der Waals surface area contributed by atoms with Crippen LogP contribution in [0.4, 0.5) is 18.9 Å². The van der Waals surface area contributed by atoms with Crippen molar-refractivity contribution in [1.29, 1.82) is 0 Å². The third-order valence-electron chi connectivity index (χ3n) is 2.95. The molecule has 0 aliphatic rings. The predicted octanol–water partition coefficient (Wildman–Crippen LogP) is 2.75. The molecule has 1 aromatic heterocycles. The number of alkyl halides is 3. The van der Waals surface area contributed by atoms with Crippen molar-refractivity contribution in [3.63, 3.8) is 0 Å². The van der Waals surface area contributed by atoms with Crippen LogP contribution in [-0.4, -0.2) is 20.9 Å². The fourth-order valence-corrected chi connectivity index (χ4v) is 1.85. The first-order chi connectivity index (χ1) is 9.79. The number of carboxylic acid groups (broad SMARTS) is 1. The summed E-state index contributed by atoms with van der Waals surface area (Å²) in [5.74, 6) is -1.62. The molecule has 0 amide bonds. The summed E-state index contributed by atoms with van der Waals surface area (Å²) in [4.78, 5) is 11.0. The summed E-state index contributed by atoms with van der Waals surface area (Å²) in [5.41, 5.74) is -0.841. The van der Waals surface area contributed by atoms with Crippen LogP contribution in [0.5, 0.6) is 0 Å². The number of nitrogens with zero attached hydrogens (tertiary/aromatic N) is 2. The number of halogens is 3. The Bertz CT molecular complexity index is 665. The third-order valence-corrected chi connectivity index (χ3v) is 2.95. The van der Waals surface area contributed by atoms with Crippen molar-refractivity contribution in [3.05, 3.63) is 47.3 Å². The molecule has 2 rings (SSSR count). The lowest BCUT2D eigenvalue weighted by Gasteiger charge is -2.13. The number of rotatable bonds is 4. The van der Waals surface area contributed by atoms with Crippen LogP contribution in [0.25, 0.3) is 0 Å². The molecule has 21 heavy (non-hydrogen) atoms. The minimum absolute atomic E-state index is 0.293. The zero-order valence-corrected chi connectivity index (χ0v) is 11.0. The van der Waals surface area contributed by atoms with Crippen molar-refractivity contribution < 1.29 is 23.1 Å². The Morgan fingerprint density at radius 2 is 2.10 bits per heavy atom. The van der Waals surface area contributed by atoms with Crippen molar-refractivity contribution in [3.8, 4) is 0 Å². The molecule has 0 bridgehead atoms. The maximum Gasteiger partial charge on any atom is 0.417 e. The lowest BCUT2D eigenvalue weighted by atomic mass is 10.1. The molecule has 0 atom stereocenters. The Morgan fingerprint density at radius 3 is 2.62 bits per heavy atom. The Hall–Kier alpha value is -2.51. The van der Waals surface area contributed by atoms with Gasteiger partial charge in [-0.05, 0) is 24.3 Å². The van der Waals surface area contributed by atoms with E-state index in [9.17, 15) is 18.0 Å². The van der Waals surface area contributed by atoms with Gasteiger partial charge in [0.15, 0.2) is 0 Å². The molecule has 8 heteroatoms. The Balaban J connectivity index is 2.24. The highest BCUT2D eigenvalue weighted by Gasteiger charge is 2.35. The zero-order chi connectivity index (χ0) is 15.6. The molecular formula is C13H12F3N3O2. The van der Waals surface area contributed by atoms with Crippen LogP contribution in [0.15, 0.2) is 30.5 Å². The fraction of sp³-hybridized carbons (Fsp3) is 0.231. The lowest BCUT2D eigenvalue weighted by Crippen LogP contribution is -2.14. The minimum atomic E-state index is -4.70. The van der Waals surface area contributed by atoms with Crippen LogP contribution in [0.3, 0.4) is 0 Å². The molecule has 0 saturated carbocycles. The number of hydrogen-bond donors (Lipinski definition) is 2. The maximum atomic E-state index is 12.7. The van der Waals surface area contributed by atoms with Crippen molar-refractivity contribution in [2.24, 2.45) is 7.05 Å². The summed E-state index contributed by atoms with van der Waals surface area (Å²) in [6.07, 6.45) is -3.11. The van der Waals surface area contributed by atoms with Crippen molar-refractivity contribution in [2.75, 3.05) is 5.32 Å². The Kier molecular flexibility index (Phi) is 3.88. The predicted molar refractivity (Wildman–Crippen MR) is 68.9 cm³/mol. The molecule has 5 nitrogen and oxygen atoms in total. The van der Waals surface area contributed by atoms with Crippen molar-refractivity contribution in [1.82, 2.24) is 9.78 Å². The first-order valence-corrected chi connectivity index (χ1v) is 5.94. The van der Waals surface area contributed by atoms with Crippen LogP contribution in [0, 0.1) is 0 Å². The standard InChI is InChI=1S/C13H12F3N3O2/c1-19-9(4-5-18-19)7-17-8-2-3-11(13(14,15)16)10(6-8)12(20)21/h2-6,17H,7H2,1H3,(H,20,21). The van der Waals surface area contributed by atoms with E-state index in [0.29, 0.717) is 12.2 Å². The Labute approximate surface area is 118 Å². The smallest absolute Gasteiger partial charge is 0.417 e. The maximum absolute atomic E-state index is 12.7. The quantitative estimate of drug-likeness (QED) is 0.911. The number of anilines is 1. The second-order valence-corrected chi connectivity index (χ2v) is 4.36. The van der Waals surface area contributed by atoms with Crippen LogP contribution in [0.1, 0.15) is 21.6 Å². The molecular weight excluding hydrogens is 287 g/mol. The molecule has 0 aliphatic carbocycles. The molecule has 2 N–H and O–H groups in total. The van der Waals surface area contributed by atoms with E-state index in [1.807, 2.05) is 0 Å².